The number of nitrogen functional groups attached to an aromatic ring is 1. The number of carbonyl (C=O) groups is 2. The van der Waals surface area contributed by atoms with E-state index in [1.807, 2.05) is 0 Å². The minimum Gasteiger partial charge on any atom is -0.353 e. The maximum Gasteiger partial charge on any atom is 0.253 e. The van der Waals surface area contributed by atoms with Gasteiger partial charge in [-0.25, -0.2) is 0 Å². The molecule has 1 fully saturated rings. The molecular formula is C13H19N5O2. The molecule has 1 saturated carbocycles. The van der Waals surface area contributed by atoms with Crippen LogP contribution in [-0.2, 0) is 4.79 Å². The van der Waals surface area contributed by atoms with Gasteiger partial charge in [0.25, 0.3) is 5.91 Å². The van der Waals surface area contributed by atoms with E-state index in [-0.39, 0.29) is 11.8 Å². The first-order chi connectivity index (χ1) is 9.70. The van der Waals surface area contributed by atoms with Crippen LogP contribution >= 0.6 is 0 Å². The third-order valence-corrected chi connectivity index (χ3v) is 3.03. The highest BCUT2D eigenvalue weighted by Crippen LogP contribution is 2.18. The number of hydrazine groups is 1. The van der Waals surface area contributed by atoms with E-state index in [0.717, 1.165) is 12.8 Å². The molecule has 7 nitrogen and oxygen atoms in total. The van der Waals surface area contributed by atoms with Crippen molar-refractivity contribution in [3.8, 4) is 0 Å². The third-order valence-electron chi connectivity index (χ3n) is 3.03. The average molecular weight is 277 g/mol. The molecule has 5 N–H and O–H groups in total. The number of amides is 2. The number of pyridine rings is 1. The molecule has 108 valence electrons. The summed E-state index contributed by atoms with van der Waals surface area (Å²) in [7, 11) is 0. The lowest BCUT2D eigenvalue weighted by Gasteiger charge is -2.09. The fourth-order valence-corrected chi connectivity index (χ4v) is 1.78. The summed E-state index contributed by atoms with van der Waals surface area (Å²) in [6.07, 6.45) is 6.21. The molecule has 1 aliphatic rings. The van der Waals surface area contributed by atoms with Crippen molar-refractivity contribution in [2.24, 2.45) is 5.84 Å². The van der Waals surface area contributed by atoms with E-state index in [1.54, 1.807) is 6.07 Å². The van der Waals surface area contributed by atoms with Crippen LogP contribution in [0.25, 0.3) is 0 Å². The van der Waals surface area contributed by atoms with Gasteiger partial charge in [0.15, 0.2) is 0 Å². The topological polar surface area (TPSA) is 109 Å². The van der Waals surface area contributed by atoms with Crippen molar-refractivity contribution in [1.29, 1.82) is 0 Å². The lowest BCUT2D eigenvalue weighted by atomic mass is 10.2. The summed E-state index contributed by atoms with van der Waals surface area (Å²) in [4.78, 5) is 27.2. The van der Waals surface area contributed by atoms with Crippen molar-refractivity contribution < 1.29 is 9.59 Å². The van der Waals surface area contributed by atoms with Gasteiger partial charge in [-0.15, -0.1) is 0 Å². The lowest BCUT2D eigenvalue weighted by Crippen LogP contribution is -2.29. The van der Waals surface area contributed by atoms with Crippen LogP contribution in [0.4, 0.5) is 5.69 Å². The molecule has 1 heterocycles. The highest BCUT2D eigenvalue weighted by molar-refractivity contribution is 5.99. The van der Waals surface area contributed by atoms with Crippen molar-refractivity contribution in [2.45, 2.75) is 31.7 Å². The Bertz CT molecular complexity index is 487. The van der Waals surface area contributed by atoms with E-state index in [0.29, 0.717) is 36.7 Å². The first kappa shape index (κ1) is 14.3. The summed E-state index contributed by atoms with van der Waals surface area (Å²) >= 11 is 0. The SMILES string of the molecule is NNc1cnccc1C(=O)NCCCC(=O)NC1CC1. The molecule has 2 amide bonds. The van der Waals surface area contributed by atoms with E-state index in [2.05, 4.69) is 21.0 Å². The summed E-state index contributed by atoms with van der Waals surface area (Å²) < 4.78 is 0. The lowest BCUT2D eigenvalue weighted by molar-refractivity contribution is -0.121. The van der Waals surface area contributed by atoms with Gasteiger partial charge in [0.1, 0.15) is 0 Å². The van der Waals surface area contributed by atoms with Crippen LogP contribution in [0.2, 0.25) is 0 Å². The van der Waals surface area contributed by atoms with Gasteiger partial charge in [-0.05, 0) is 25.3 Å². The predicted octanol–water partition coefficient (Wildman–Crippen LogP) is 0.156. The van der Waals surface area contributed by atoms with Crippen LogP contribution in [0.3, 0.4) is 0 Å². The Labute approximate surface area is 117 Å². The summed E-state index contributed by atoms with van der Waals surface area (Å²) in [5, 5.41) is 5.66. The van der Waals surface area contributed by atoms with Gasteiger partial charge >= 0.3 is 0 Å². The van der Waals surface area contributed by atoms with E-state index in [4.69, 9.17) is 5.84 Å². The van der Waals surface area contributed by atoms with Crippen LogP contribution in [0.1, 0.15) is 36.0 Å². The molecule has 1 aliphatic carbocycles. The highest BCUT2D eigenvalue weighted by Gasteiger charge is 2.22. The number of anilines is 1. The van der Waals surface area contributed by atoms with Crippen LogP contribution in [0.5, 0.6) is 0 Å². The molecule has 7 heteroatoms. The fourth-order valence-electron chi connectivity index (χ4n) is 1.78. The Kier molecular flexibility index (Phi) is 4.89. The molecule has 0 radical (unpaired) electrons. The monoisotopic (exact) mass is 277 g/mol. The molecule has 1 aromatic heterocycles. The minimum absolute atomic E-state index is 0.0509. The van der Waals surface area contributed by atoms with Crippen LogP contribution in [0, 0.1) is 0 Å². The molecule has 0 unspecified atom stereocenters. The van der Waals surface area contributed by atoms with E-state index >= 15 is 0 Å². The van der Waals surface area contributed by atoms with Gasteiger partial charge in [0.2, 0.25) is 5.91 Å². The third kappa shape index (κ3) is 4.20. The van der Waals surface area contributed by atoms with Crippen molar-refractivity contribution in [1.82, 2.24) is 15.6 Å². The van der Waals surface area contributed by atoms with Gasteiger partial charge in [-0.3, -0.25) is 20.4 Å². The molecule has 0 atom stereocenters. The maximum atomic E-state index is 11.9. The number of rotatable bonds is 7. The zero-order valence-electron chi connectivity index (χ0n) is 11.2. The molecule has 0 saturated heterocycles. The average Bonchev–Trinajstić information content (AvgIpc) is 3.27. The Morgan fingerprint density at radius 1 is 1.40 bits per heavy atom. The predicted molar refractivity (Wildman–Crippen MR) is 74.8 cm³/mol. The van der Waals surface area contributed by atoms with Crippen molar-refractivity contribution >= 4 is 17.5 Å². The van der Waals surface area contributed by atoms with E-state index < -0.39 is 0 Å². The number of nitrogens with zero attached hydrogens (tertiary/aromatic N) is 1. The fraction of sp³-hybridized carbons (Fsp3) is 0.462. The molecule has 2 rings (SSSR count). The van der Waals surface area contributed by atoms with E-state index in [1.165, 1.54) is 12.4 Å². The second-order valence-corrected chi connectivity index (χ2v) is 4.77. The minimum atomic E-state index is -0.233. The normalized spacial score (nSPS) is 13.7. The number of aromatic nitrogens is 1. The van der Waals surface area contributed by atoms with Gasteiger partial charge in [-0.2, -0.15) is 0 Å². The van der Waals surface area contributed by atoms with Gasteiger partial charge in [0, 0.05) is 25.2 Å². The number of carbonyl (C=O) groups excluding carboxylic acids is 2. The van der Waals surface area contributed by atoms with Crippen LogP contribution in [-0.4, -0.2) is 29.4 Å². The smallest absolute Gasteiger partial charge is 0.253 e. The van der Waals surface area contributed by atoms with Crippen LogP contribution in [0.15, 0.2) is 18.5 Å². The number of hydrogen-bond acceptors (Lipinski definition) is 5. The van der Waals surface area contributed by atoms with Crippen molar-refractivity contribution in [2.75, 3.05) is 12.0 Å². The summed E-state index contributed by atoms with van der Waals surface area (Å²) in [5.41, 5.74) is 3.33. The first-order valence-corrected chi connectivity index (χ1v) is 6.69. The standard InChI is InChI=1S/C13H19N5O2/c14-18-11-8-15-7-5-10(11)13(20)16-6-1-2-12(19)17-9-3-4-9/h5,7-9,18H,1-4,6,14H2,(H,16,20)(H,17,19). The highest BCUT2D eigenvalue weighted by atomic mass is 16.2. The molecule has 1 aromatic rings. The second kappa shape index (κ2) is 6.85. The van der Waals surface area contributed by atoms with Crippen molar-refractivity contribution in [3.05, 3.63) is 24.0 Å². The van der Waals surface area contributed by atoms with Crippen molar-refractivity contribution in [3.63, 3.8) is 0 Å². The Morgan fingerprint density at radius 3 is 2.90 bits per heavy atom. The van der Waals surface area contributed by atoms with Gasteiger partial charge in [-0.1, -0.05) is 0 Å². The Balaban J connectivity index is 1.70. The molecular weight excluding hydrogens is 258 g/mol. The summed E-state index contributed by atoms with van der Waals surface area (Å²) in [6, 6.07) is 1.97. The molecule has 0 aromatic carbocycles. The van der Waals surface area contributed by atoms with Crippen LogP contribution < -0.4 is 21.9 Å². The zero-order valence-corrected chi connectivity index (χ0v) is 11.2. The number of hydrogen-bond donors (Lipinski definition) is 4. The Morgan fingerprint density at radius 2 is 2.20 bits per heavy atom. The maximum absolute atomic E-state index is 11.9. The number of nitrogens with one attached hydrogen (secondary N) is 3. The second-order valence-electron chi connectivity index (χ2n) is 4.77. The van der Waals surface area contributed by atoms with Gasteiger partial charge in [0.05, 0.1) is 17.4 Å². The quantitative estimate of drug-likeness (QED) is 0.322. The molecule has 0 bridgehead atoms. The molecule has 20 heavy (non-hydrogen) atoms. The van der Waals surface area contributed by atoms with Gasteiger partial charge < -0.3 is 16.1 Å². The zero-order chi connectivity index (χ0) is 14.4. The molecule has 0 spiro atoms. The largest absolute Gasteiger partial charge is 0.353 e. The first-order valence-electron chi connectivity index (χ1n) is 6.69. The summed E-state index contributed by atoms with van der Waals surface area (Å²) in [6.45, 7) is 0.448. The molecule has 0 aliphatic heterocycles. The van der Waals surface area contributed by atoms with E-state index in [9.17, 15) is 9.59 Å². The Hall–Kier alpha value is -2.15. The number of nitrogens with two attached hydrogens (primary N) is 1. The summed E-state index contributed by atoms with van der Waals surface area (Å²) in [5.74, 6) is 5.13.